The lowest BCUT2D eigenvalue weighted by Gasteiger charge is -1.93. The van der Waals surface area contributed by atoms with Gasteiger partial charge in [0.2, 0.25) is 10.6 Å². The summed E-state index contributed by atoms with van der Waals surface area (Å²) in [5, 5.41) is 0.412. The molecule has 0 bridgehead atoms. The molecular formula is C15H20Cl3N7O3. The van der Waals surface area contributed by atoms with Gasteiger partial charge in [0.25, 0.3) is 0 Å². The number of carbonyl (C=O) groups is 1. The number of rotatable bonds is 1. The second kappa shape index (κ2) is 15.2. The van der Waals surface area contributed by atoms with Crippen molar-refractivity contribution in [2.75, 3.05) is 13.2 Å². The zero-order chi connectivity index (χ0) is 20.1. The lowest BCUT2D eigenvalue weighted by Crippen LogP contribution is -2.02. The Morgan fingerprint density at radius 1 is 1.00 bits per heavy atom. The smallest absolute Gasteiger partial charge is 0.223 e. The number of aldehydes is 1. The number of aromatic nitrogens is 4. The first-order chi connectivity index (χ1) is 13.1. The minimum Gasteiger partial charge on any atom is -0.412 e. The molecule has 2 aromatic rings. The minimum atomic E-state index is 0. The summed E-state index contributed by atoms with van der Waals surface area (Å²) in [5.74, 6) is 8.00. The first-order valence-corrected chi connectivity index (χ1v) is 8.79. The van der Waals surface area contributed by atoms with Crippen molar-refractivity contribution in [3.63, 3.8) is 0 Å². The average Bonchev–Trinajstić information content (AvgIpc) is 3.38. The maximum Gasteiger partial charge on any atom is 0.223 e. The van der Waals surface area contributed by atoms with Crippen molar-refractivity contribution >= 4 is 47.3 Å². The third kappa shape index (κ3) is 9.42. The van der Waals surface area contributed by atoms with Gasteiger partial charge >= 0.3 is 0 Å². The van der Waals surface area contributed by atoms with Gasteiger partial charge in [-0.1, -0.05) is 11.6 Å². The first-order valence-electron chi connectivity index (χ1n) is 7.65. The molecule has 2 aromatic heterocycles. The van der Waals surface area contributed by atoms with E-state index < -0.39 is 0 Å². The van der Waals surface area contributed by atoms with Crippen LogP contribution in [0.25, 0.3) is 0 Å². The predicted molar refractivity (Wildman–Crippen MR) is 108 cm³/mol. The maximum absolute atomic E-state index is 10.1. The molecule has 28 heavy (non-hydrogen) atoms. The Morgan fingerprint density at radius 3 is 2.14 bits per heavy atom. The van der Waals surface area contributed by atoms with Gasteiger partial charge in [0, 0.05) is 37.4 Å². The molecule has 6 N–H and O–H groups in total. The number of ether oxygens (including phenoxy) is 1. The molecule has 4 rings (SSSR count). The first kappa shape index (κ1) is 26.2. The highest BCUT2D eigenvalue weighted by Gasteiger charge is 2.07. The molecule has 0 atom stereocenters. The standard InChI is InChI=1S/C6H4ClN3.C5H2Cl2N2O.C4H8O.H4N2.H2O/c7-6-9-2-4-1-8-3-5(4)10-6;6-4-3(2-10)1-8-5(7)9-4;1-2-4-5-3-1;1-2;/h1-2H,3H2;1-2H;1-4H2;1-2H2;1H2. The Kier molecular flexibility index (Phi) is 14.2. The number of aliphatic imine (C=N–C) groups is 1. The highest BCUT2D eigenvalue weighted by atomic mass is 35.5. The Bertz CT molecular complexity index is 748. The summed E-state index contributed by atoms with van der Waals surface area (Å²) in [4.78, 5) is 29.0. The van der Waals surface area contributed by atoms with Gasteiger partial charge in [-0.05, 0) is 36.0 Å². The zero-order valence-electron chi connectivity index (χ0n) is 14.7. The molecule has 13 heteroatoms. The van der Waals surface area contributed by atoms with E-state index in [2.05, 4.69) is 36.6 Å². The van der Waals surface area contributed by atoms with E-state index in [4.69, 9.17) is 39.5 Å². The van der Waals surface area contributed by atoms with E-state index in [1.165, 1.54) is 19.0 Å². The van der Waals surface area contributed by atoms with Gasteiger partial charge in [0.1, 0.15) is 5.15 Å². The second-order valence-electron chi connectivity index (χ2n) is 4.83. The molecule has 2 aliphatic heterocycles. The summed E-state index contributed by atoms with van der Waals surface area (Å²) in [7, 11) is 0. The molecule has 1 saturated heterocycles. The van der Waals surface area contributed by atoms with Crippen LogP contribution in [0.3, 0.4) is 0 Å². The molecule has 154 valence electrons. The van der Waals surface area contributed by atoms with Gasteiger partial charge in [0.15, 0.2) is 6.29 Å². The van der Waals surface area contributed by atoms with Crippen LogP contribution in [-0.2, 0) is 11.3 Å². The van der Waals surface area contributed by atoms with Gasteiger partial charge in [-0.15, -0.1) is 0 Å². The van der Waals surface area contributed by atoms with E-state index in [-0.39, 0.29) is 21.5 Å². The molecule has 0 radical (unpaired) electrons. The monoisotopic (exact) mass is 451 g/mol. The molecule has 0 amide bonds. The van der Waals surface area contributed by atoms with Crippen molar-refractivity contribution in [1.29, 1.82) is 0 Å². The predicted octanol–water partition coefficient (Wildman–Crippen LogP) is 1.45. The number of nitrogens with two attached hydrogens (primary N) is 2. The number of fused-ring (bicyclic) bond motifs is 1. The number of hydrogen-bond donors (Lipinski definition) is 2. The lowest BCUT2D eigenvalue weighted by molar-refractivity contribution is 0.112. The molecular weight excluding hydrogens is 433 g/mol. The van der Waals surface area contributed by atoms with Crippen molar-refractivity contribution in [3.05, 3.63) is 44.9 Å². The van der Waals surface area contributed by atoms with Crippen molar-refractivity contribution in [3.8, 4) is 0 Å². The number of nitrogens with zero attached hydrogens (tertiary/aromatic N) is 5. The largest absolute Gasteiger partial charge is 0.412 e. The number of halogens is 3. The normalized spacial score (nSPS) is 12.8. The molecule has 0 spiro atoms. The summed E-state index contributed by atoms with van der Waals surface area (Å²) >= 11 is 16.4. The Hall–Kier alpha value is -1.79. The fraction of sp³-hybridized carbons (Fsp3) is 0.333. The van der Waals surface area contributed by atoms with Crippen LogP contribution in [0, 0.1) is 0 Å². The van der Waals surface area contributed by atoms with Gasteiger partial charge in [-0.2, -0.15) is 0 Å². The van der Waals surface area contributed by atoms with Crippen LogP contribution in [0.1, 0.15) is 34.5 Å². The molecule has 0 saturated carbocycles. The van der Waals surface area contributed by atoms with E-state index in [0.717, 1.165) is 24.5 Å². The molecule has 4 heterocycles. The second-order valence-corrected chi connectivity index (χ2v) is 5.87. The average molecular weight is 453 g/mol. The third-order valence-electron chi connectivity index (χ3n) is 3.04. The van der Waals surface area contributed by atoms with Crippen molar-refractivity contribution in [1.82, 2.24) is 19.9 Å². The molecule has 10 nitrogen and oxygen atoms in total. The number of carbonyl (C=O) groups excluding carboxylic acids is 1. The summed E-state index contributed by atoms with van der Waals surface area (Å²) in [5.41, 5.74) is 2.13. The highest BCUT2D eigenvalue weighted by molar-refractivity contribution is 6.33. The van der Waals surface area contributed by atoms with E-state index >= 15 is 0 Å². The van der Waals surface area contributed by atoms with E-state index in [9.17, 15) is 4.79 Å². The van der Waals surface area contributed by atoms with Crippen LogP contribution >= 0.6 is 34.8 Å². The summed E-state index contributed by atoms with van der Waals surface area (Å²) in [6, 6.07) is 0. The van der Waals surface area contributed by atoms with Crippen molar-refractivity contribution < 1.29 is 15.0 Å². The Morgan fingerprint density at radius 2 is 1.61 bits per heavy atom. The maximum atomic E-state index is 10.1. The minimum absolute atomic E-state index is 0. The SMILES string of the molecule is C1CCOC1.Clc1ncc2c(n1)CN=C2.NN.O.O=Cc1cnc(Cl)nc1Cl. The number of hydrazine groups is 1. The van der Waals surface area contributed by atoms with E-state index in [1.807, 2.05) is 0 Å². The molecule has 1 fully saturated rings. The summed E-state index contributed by atoms with van der Waals surface area (Å²) in [6.07, 6.45) is 7.83. The van der Waals surface area contributed by atoms with Gasteiger partial charge in [-0.25, -0.2) is 19.9 Å². The lowest BCUT2D eigenvalue weighted by atomic mass is 10.3. The van der Waals surface area contributed by atoms with Crippen LogP contribution in [-0.4, -0.2) is 51.1 Å². The van der Waals surface area contributed by atoms with Crippen LogP contribution in [0.2, 0.25) is 15.7 Å². The van der Waals surface area contributed by atoms with Crippen molar-refractivity contribution in [2.24, 2.45) is 16.7 Å². The van der Waals surface area contributed by atoms with Crippen LogP contribution < -0.4 is 11.7 Å². The summed E-state index contributed by atoms with van der Waals surface area (Å²) in [6.45, 7) is 2.64. The topological polar surface area (TPSA) is 174 Å². The summed E-state index contributed by atoms with van der Waals surface area (Å²) < 4.78 is 4.94. The van der Waals surface area contributed by atoms with Crippen molar-refractivity contribution in [2.45, 2.75) is 19.4 Å². The van der Waals surface area contributed by atoms with Crippen LogP contribution in [0.15, 0.2) is 17.4 Å². The molecule has 2 aliphatic rings. The van der Waals surface area contributed by atoms with Gasteiger partial charge in [0.05, 0.1) is 17.8 Å². The van der Waals surface area contributed by atoms with E-state index in [1.54, 1.807) is 12.4 Å². The third-order valence-corrected chi connectivity index (χ3v) is 3.70. The zero-order valence-corrected chi connectivity index (χ0v) is 17.0. The quantitative estimate of drug-likeness (QED) is 0.215. The fourth-order valence-electron chi connectivity index (χ4n) is 1.81. The molecule has 0 aromatic carbocycles. The fourth-order valence-corrected chi connectivity index (χ4v) is 2.31. The Balaban J connectivity index is 0.000000384. The van der Waals surface area contributed by atoms with Gasteiger partial charge in [-0.3, -0.25) is 21.5 Å². The highest BCUT2D eigenvalue weighted by Crippen LogP contribution is 2.12. The van der Waals surface area contributed by atoms with Gasteiger partial charge < -0.3 is 10.2 Å². The number of hydrogen-bond acceptors (Lipinski definition) is 9. The molecule has 0 unspecified atom stereocenters. The van der Waals surface area contributed by atoms with Crippen LogP contribution in [0.5, 0.6) is 0 Å². The Labute approximate surface area is 176 Å². The van der Waals surface area contributed by atoms with Crippen LogP contribution in [0.4, 0.5) is 0 Å². The molecule has 0 aliphatic carbocycles. The van der Waals surface area contributed by atoms with E-state index in [0.29, 0.717) is 18.1 Å².